The molecule has 0 heterocycles. The first kappa shape index (κ1) is 22.1. The SMILES string of the molecule is CCOc1ccc(C2(CCCc3ccc(F)c(Oc4ccccc4)c3)CCC2I)cc1. The third kappa shape index (κ3) is 5.05. The van der Waals surface area contributed by atoms with E-state index in [4.69, 9.17) is 9.47 Å². The Bertz CT molecular complexity index is 990. The molecule has 4 heteroatoms. The quantitative estimate of drug-likeness (QED) is 0.207. The highest BCUT2D eigenvalue weighted by Crippen LogP contribution is 2.52. The summed E-state index contributed by atoms with van der Waals surface area (Å²) in [6.45, 7) is 2.70. The number of alkyl halides is 1. The van der Waals surface area contributed by atoms with Crippen LogP contribution in [0, 0.1) is 5.82 Å². The van der Waals surface area contributed by atoms with E-state index in [0.717, 1.165) is 30.6 Å². The second-order valence-corrected chi connectivity index (χ2v) is 9.66. The number of benzene rings is 3. The number of aryl methyl sites for hydroxylation is 1. The lowest BCUT2D eigenvalue weighted by Crippen LogP contribution is -2.45. The Hall–Kier alpha value is -2.08. The predicted octanol–water partition coefficient (Wildman–Crippen LogP) is 7.87. The van der Waals surface area contributed by atoms with Gasteiger partial charge in [0.25, 0.3) is 0 Å². The number of para-hydroxylation sites is 1. The van der Waals surface area contributed by atoms with E-state index in [0.29, 0.717) is 22.0 Å². The zero-order valence-electron chi connectivity index (χ0n) is 17.8. The molecule has 31 heavy (non-hydrogen) atoms. The number of halogens is 2. The molecule has 0 saturated heterocycles. The fraction of sp³-hybridized carbons (Fsp3) is 0.333. The van der Waals surface area contributed by atoms with Crippen molar-refractivity contribution in [3.05, 3.63) is 89.7 Å². The van der Waals surface area contributed by atoms with Gasteiger partial charge in [-0.05, 0) is 86.6 Å². The molecule has 0 spiro atoms. The maximum atomic E-state index is 14.3. The van der Waals surface area contributed by atoms with Crippen LogP contribution in [0.4, 0.5) is 4.39 Å². The van der Waals surface area contributed by atoms with E-state index >= 15 is 0 Å². The van der Waals surface area contributed by atoms with E-state index < -0.39 is 0 Å². The lowest BCUT2D eigenvalue weighted by molar-refractivity contribution is 0.245. The third-order valence-corrected chi connectivity index (χ3v) is 8.05. The fourth-order valence-corrected chi connectivity index (χ4v) is 5.70. The van der Waals surface area contributed by atoms with E-state index in [1.165, 1.54) is 24.5 Å². The van der Waals surface area contributed by atoms with Gasteiger partial charge < -0.3 is 9.47 Å². The van der Waals surface area contributed by atoms with Crippen molar-refractivity contribution in [1.29, 1.82) is 0 Å². The van der Waals surface area contributed by atoms with Gasteiger partial charge in [0.05, 0.1) is 6.61 Å². The highest BCUT2D eigenvalue weighted by molar-refractivity contribution is 14.1. The molecule has 3 aromatic rings. The minimum Gasteiger partial charge on any atom is -0.494 e. The van der Waals surface area contributed by atoms with Gasteiger partial charge in [-0.2, -0.15) is 0 Å². The van der Waals surface area contributed by atoms with Crippen molar-refractivity contribution in [3.8, 4) is 17.2 Å². The lowest BCUT2D eigenvalue weighted by Gasteiger charge is -2.48. The Labute approximate surface area is 197 Å². The van der Waals surface area contributed by atoms with Crippen LogP contribution in [0.25, 0.3) is 0 Å². The van der Waals surface area contributed by atoms with Gasteiger partial charge in [0.15, 0.2) is 11.6 Å². The molecule has 1 aliphatic carbocycles. The van der Waals surface area contributed by atoms with E-state index in [2.05, 4.69) is 46.9 Å². The van der Waals surface area contributed by atoms with Crippen LogP contribution in [-0.4, -0.2) is 10.5 Å². The molecular formula is C27H28FIO2. The van der Waals surface area contributed by atoms with E-state index in [9.17, 15) is 4.39 Å². The maximum absolute atomic E-state index is 14.3. The molecule has 4 rings (SSSR count). The van der Waals surface area contributed by atoms with Crippen molar-refractivity contribution in [2.24, 2.45) is 0 Å². The first-order valence-corrected chi connectivity index (χ1v) is 12.2. The van der Waals surface area contributed by atoms with E-state index in [-0.39, 0.29) is 11.2 Å². The first-order valence-electron chi connectivity index (χ1n) is 11.0. The lowest BCUT2D eigenvalue weighted by atomic mass is 9.62. The van der Waals surface area contributed by atoms with Crippen LogP contribution in [0.2, 0.25) is 0 Å². The van der Waals surface area contributed by atoms with Crippen LogP contribution in [0.15, 0.2) is 72.8 Å². The number of ether oxygens (including phenoxy) is 2. The average molecular weight is 530 g/mol. The van der Waals surface area contributed by atoms with Gasteiger partial charge >= 0.3 is 0 Å². The molecule has 3 aromatic carbocycles. The summed E-state index contributed by atoms with van der Waals surface area (Å²) in [5.41, 5.74) is 2.75. The standard InChI is InChI=1S/C27H28FIO2/c1-2-30-22-13-11-21(12-14-22)27(18-16-26(27)29)17-6-7-20-10-15-24(28)25(19-20)31-23-8-4-3-5-9-23/h3-5,8-15,19,26H,2,6-7,16-18H2,1H3. The predicted molar refractivity (Wildman–Crippen MR) is 132 cm³/mol. The minimum atomic E-state index is -0.329. The fourth-order valence-electron chi connectivity index (χ4n) is 4.41. The molecule has 0 aliphatic heterocycles. The molecule has 2 unspecified atom stereocenters. The van der Waals surface area contributed by atoms with Crippen LogP contribution in [0.5, 0.6) is 17.2 Å². The molecular weight excluding hydrogens is 502 g/mol. The Morgan fingerprint density at radius 3 is 2.42 bits per heavy atom. The molecule has 1 aliphatic rings. The van der Waals surface area contributed by atoms with Crippen LogP contribution in [-0.2, 0) is 11.8 Å². The molecule has 2 atom stereocenters. The second-order valence-electron chi connectivity index (χ2n) is 8.15. The zero-order valence-corrected chi connectivity index (χ0v) is 20.0. The summed E-state index contributed by atoms with van der Waals surface area (Å²) in [6.07, 6.45) is 5.58. The molecule has 2 nitrogen and oxygen atoms in total. The van der Waals surface area contributed by atoms with Crippen LogP contribution in [0.3, 0.4) is 0 Å². The van der Waals surface area contributed by atoms with Gasteiger partial charge in [0.2, 0.25) is 0 Å². The Morgan fingerprint density at radius 1 is 1.00 bits per heavy atom. The highest BCUT2D eigenvalue weighted by Gasteiger charge is 2.45. The van der Waals surface area contributed by atoms with Gasteiger partial charge in [-0.3, -0.25) is 0 Å². The van der Waals surface area contributed by atoms with Crippen molar-refractivity contribution in [2.45, 2.75) is 48.4 Å². The molecule has 0 aromatic heterocycles. The second kappa shape index (κ2) is 10.0. The van der Waals surface area contributed by atoms with Crippen molar-refractivity contribution in [2.75, 3.05) is 6.61 Å². The van der Waals surface area contributed by atoms with Crippen LogP contribution < -0.4 is 9.47 Å². The molecule has 1 fully saturated rings. The monoisotopic (exact) mass is 530 g/mol. The molecule has 162 valence electrons. The summed E-state index contributed by atoms with van der Waals surface area (Å²) >= 11 is 2.61. The van der Waals surface area contributed by atoms with Gasteiger partial charge in [-0.1, -0.05) is 59.0 Å². The maximum Gasteiger partial charge on any atom is 0.165 e. The van der Waals surface area contributed by atoms with Crippen molar-refractivity contribution in [3.63, 3.8) is 0 Å². The smallest absolute Gasteiger partial charge is 0.165 e. The Morgan fingerprint density at radius 2 is 1.77 bits per heavy atom. The Kier molecular flexibility index (Phi) is 7.16. The van der Waals surface area contributed by atoms with Crippen molar-refractivity contribution >= 4 is 22.6 Å². The van der Waals surface area contributed by atoms with Gasteiger partial charge in [0, 0.05) is 9.34 Å². The molecule has 1 saturated carbocycles. The molecule has 0 amide bonds. The molecule has 0 bridgehead atoms. The van der Waals surface area contributed by atoms with E-state index in [1.807, 2.05) is 49.4 Å². The van der Waals surface area contributed by atoms with Gasteiger partial charge in [0.1, 0.15) is 11.5 Å². The van der Waals surface area contributed by atoms with E-state index in [1.54, 1.807) is 0 Å². The topological polar surface area (TPSA) is 18.5 Å². The average Bonchev–Trinajstić information content (AvgIpc) is 2.79. The largest absolute Gasteiger partial charge is 0.494 e. The van der Waals surface area contributed by atoms with Crippen molar-refractivity contribution < 1.29 is 13.9 Å². The minimum absolute atomic E-state index is 0.231. The highest BCUT2D eigenvalue weighted by atomic mass is 127. The number of hydrogen-bond donors (Lipinski definition) is 0. The normalized spacial score (nSPS) is 20.2. The summed E-state index contributed by atoms with van der Waals surface area (Å²) in [5.74, 6) is 1.54. The third-order valence-electron chi connectivity index (χ3n) is 6.24. The van der Waals surface area contributed by atoms with Crippen LogP contribution >= 0.6 is 22.6 Å². The molecule has 0 radical (unpaired) electrons. The summed E-state index contributed by atoms with van der Waals surface area (Å²) in [6, 6.07) is 23.2. The van der Waals surface area contributed by atoms with Gasteiger partial charge in [-0.25, -0.2) is 4.39 Å². The van der Waals surface area contributed by atoms with Gasteiger partial charge in [-0.15, -0.1) is 0 Å². The van der Waals surface area contributed by atoms with Crippen LogP contribution in [0.1, 0.15) is 43.7 Å². The van der Waals surface area contributed by atoms with Crippen molar-refractivity contribution in [1.82, 2.24) is 0 Å². The first-order chi connectivity index (χ1) is 15.1. The summed E-state index contributed by atoms with van der Waals surface area (Å²) in [5, 5.41) is 0. The summed E-state index contributed by atoms with van der Waals surface area (Å²) in [4.78, 5) is 0. The number of rotatable bonds is 9. The molecule has 0 N–H and O–H groups in total. The zero-order chi connectivity index (χ0) is 21.7. The summed E-state index contributed by atoms with van der Waals surface area (Å²) < 4.78 is 26.3. The summed E-state index contributed by atoms with van der Waals surface area (Å²) in [7, 11) is 0. The Balaban J connectivity index is 1.42. The number of hydrogen-bond acceptors (Lipinski definition) is 2.